The summed E-state index contributed by atoms with van der Waals surface area (Å²) in [6.45, 7) is 1.94. The van der Waals surface area contributed by atoms with E-state index in [9.17, 15) is 9.18 Å². The first-order valence-corrected chi connectivity index (χ1v) is 8.50. The van der Waals surface area contributed by atoms with Crippen LogP contribution in [0.15, 0.2) is 59.7 Å². The second kappa shape index (κ2) is 7.07. The third-order valence-electron chi connectivity index (χ3n) is 4.12. The highest BCUT2D eigenvalue weighted by Crippen LogP contribution is 2.24. The van der Waals surface area contributed by atoms with Gasteiger partial charge in [0.05, 0.1) is 0 Å². The molecule has 0 saturated carbocycles. The normalized spacial score (nSPS) is 10.8. The van der Waals surface area contributed by atoms with Crippen molar-refractivity contribution in [1.29, 1.82) is 0 Å². The molecular formula is C20H16FN5O2. The molecule has 0 aliphatic carbocycles. The zero-order chi connectivity index (χ0) is 19.7. The number of para-hydroxylation sites is 1. The van der Waals surface area contributed by atoms with Crippen LogP contribution in [0.25, 0.3) is 11.0 Å². The number of fused-ring (bicyclic) bond motifs is 1. The number of halogens is 1. The lowest BCUT2D eigenvalue weighted by molar-refractivity contribution is 0.434. The van der Waals surface area contributed by atoms with E-state index in [1.807, 2.05) is 19.1 Å². The Labute approximate surface area is 159 Å². The Hall–Kier alpha value is -3.81. The Morgan fingerprint density at radius 1 is 1.07 bits per heavy atom. The van der Waals surface area contributed by atoms with Crippen LogP contribution in [0.4, 0.5) is 16.2 Å². The molecule has 0 saturated heterocycles. The minimum absolute atomic E-state index is 0.00962. The molecule has 8 heteroatoms. The Morgan fingerprint density at radius 2 is 1.89 bits per heavy atom. The second-order valence-electron chi connectivity index (χ2n) is 6.22. The maximum atomic E-state index is 13.8. The molecule has 4 rings (SSSR count). The number of hydrogen-bond donors (Lipinski definition) is 1. The Bertz CT molecular complexity index is 1220. The van der Waals surface area contributed by atoms with Gasteiger partial charge in [-0.15, -0.1) is 0 Å². The van der Waals surface area contributed by atoms with E-state index in [0.29, 0.717) is 22.8 Å². The fourth-order valence-electron chi connectivity index (χ4n) is 2.65. The number of ether oxygens (including phenoxy) is 1. The van der Waals surface area contributed by atoms with Crippen molar-refractivity contribution in [2.24, 2.45) is 7.05 Å². The summed E-state index contributed by atoms with van der Waals surface area (Å²) in [5.74, 6) is 0.315. The van der Waals surface area contributed by atoms with Crippen molar-refractivity contribution in [2.45, 2.75) is 6.92 Å². The largest absolute Gasteiger partial charge is 0.448 e. The Morgan fingerprint density at radius 3 is 2.64 bits per heavy atom. The smallest absolute Gasteiger partial charge is 0.294 e. The minimum Gasteiger partial charge on any atom is -0.448 e. The highest BCUT2D eigenvalue weighted by atomic mass is 19.1. The predicted molar refractivity (Wildman–Crippen MR) is 104 cm³/mol. The predicted octanol–water partition coefficient (Wildman–Crippen LogP) is 3.71. The lowest BCUT2D eigenvalue weighted by Crippen LogP contribution is -2.19. The first-order chi connectivity index (χ1) is 13.5. The summed E-state index contributed by atoms with van der Waals surface area (Å²) >= 11 is 0. The van der Waals surface area contributed by atoms with Gasteiger partial charge >= 0.3 is 0 Å². The van der Waals surface area contributed by atoms with Crippen molar-refractivity contribution in [3.63, 3.8) is 0 Å². The summed E-state index contributed by atoms with van der Waals surface area (Å²) in [4.78, 5) is 25.5. The van der Waals surface area contributed by atoms with Crippen LogP contribution >= 0.6 is 0 Å². The molecule has 0 atom stereocenters. The maximum Gasteiger partial charge on any atom is 0.294 e. The molecule has 1 aromatic carbocycles. The van der Waals surface area contributed by atoms with E-state index in [4.69, 9.17) is 4.74 Å². The van der Waals surface area contributed by atoms with Gasteiger partial charge in [0.1, 0.15) is 11.5 Å². The number of hydrogen-bond acceptors (Lipinski definition) is 6. The van der Waals surface area contributed by atoms with Gasteiger partial charge in [-0.25, -0.2) is 14.4 Å². The molecule has 0 spiro atoms. The van der Waals surface area contributed by atoms with Crippen molar-refractivity contribution < 1.29 is 9.13 Å². The van der Waals surface area contributed by atoms with Crippen LogP contribution in [0.3, 0.4) is 0 Å². The third kappa shape index (κ3) is 3.39. The molecule has 0 bridgehead atoms. The lowest BCUT2D eigenvalue weighted by atomic mass is 10.3. The molecule has 4 aromatic rings. The third-order valence-corrected chi connectivity index (χ3v) is 4.12. The molecule has 1 N–H and O–H groups in total. The summed E-state index contributed by atoms with van der Waals surface area (Å²) in [6.07, 6.45) is 3.29. The fourth-order valence-corrected chi connectivity index (χ4v) is 2.65. The second-order valence-corrected chi connectivity index (χ2v) is 6.22. The molecule has 0 aliphatic heterocycles. The van der Waals surface area contributed by atoms with E-state index in [-0.39, 0.29) is 11.5 Å². The lowest BCUT2D eigenvalue weighted by Gasteiger charge is -2.11. The van der Waals surface area contributed by atoms with Crippen LogP contribution in [0.1, 0.15) is 5.56 Å². The van der Waals surface area contributed by atoms with E-state index in [2.05, 4.69) is 20.3 Å². The maximum absolute atomic E-state index is 13.8. The molecule has 0 unspecified atom stereocenters. The average molecular weight is 377 g/mol. The van der Waals surface area contributed by atoms with Crippen LogP contribution in [0, 0.1) is 12.7 Å². The summed E-state index contributed by atoms with van der Waals surface area (Å²) in [5.41, 5.74) is 1.01. The summed E-state index contributed by atoms with van der Waals surface area (Å²) in [5, 5.41) is 3.58. The van der Waals surface area contributed by atoms with Gasteiger partial charge in [-0.2, -0.15) is 4.98 Å². The molecule has 7 nitrogen and oxygen atoms in total. The number of nitrogens with one attached hydrogen (secondary N) is 1. The summed E-state index contributed by atoms with van der Waals surface area (Å²) in [6, 6.07) is 11.1. The van der Waals surface area contributed by atoms with Gasteiger partial charge in [0.2, 0.25) is 5.95 Å². The van der Waals surface area contributed by atoms with Gasteiger partial charge in [-0.05, 0) is 36.8 Å². The minimum atomic E-state index is -0.550. The SMILES string of the molecule is Cc1ccc(Nc2ncc3cc(Oc4ccccc4F)c(=O)n(C)c3n2)nc1. The highest BCUT2D eigenvalue weighted by molar-refractivity contribution is 5.77. The first kappa shape index (κ1) is 17.6. The molecule has 0 aliphatic rings. The van der Waals surface area contributed by atoms with E-state index < -0.39 is 11.4 Å². The number of benzene rings is 1. The number of rotatable bonds is 4. The van der Waals surface area contributed by atoms with Crippen molar-refractivity contribution in [3.8, 4) is 11.5 Å². The van der Waals surface area contributed by atoms with Crippen molar-refractivity contribution in [1.82, 2.24) is 19.5 Å². The van der Waals surface area contributed by atoms with Gasteiger partial charge in [0, 0.05) is 24.8 Å². The quantitative estimate of drug-likeness (QED) is 0.584. The zero-order valence-electron chi connectivity index (χ0n) is 15.2. The topological polar surface area (TPSA) is 81.9 Å². The van der Waals surface area contributed by atoms with Crippen LogP contribution in [0.5, 0.6) is 11.5 Å². The van der Waals surface area contributed by atoms with Crippen molar-refractivity contribution in [2.75, 3.05) is 5.32 Å². The van der Waals surface area contributed by atoms with Gasteiger partial charge < -0.3 is 10.1 Å². The molecule has 28 heavy (non-hydrogen) atoms. The van der Waals surface area contributed by atoms with E-state index in [0.717, 1.165) is 5.56 Å². The van der Waals surface area contributed by atoms with Gasteiger partial charge in [-0.1, -0.05) is 18.2 Å². The van der Waals surface area contributed by atoms with E-state index >= 15 is 0 Å². The number of aromatic nitrogens is 4. The molecule has 0 radical (unpaired) electrons. The monoisotopic (exact) mass is 377 g/mol. The number of aryl methyl sites for hydroxylation is 2. The molecule has 0 amide bonds. The van der Waals surface area contributed by atoms with Crippen LogP contribution in [-0.2, 0) is 7.05 Å². The summed E-state index contributed by atoms with van der Waals surface area (Å²) in [7, 11) is 1.57. The number of anilines is 2. The van der Waals surface area contributed by atoms with Crippen LogP contribution in [0.2, 0.25) is 0 Å². The van der Waals surface area contributed by atoms with Gasteiger partial charge in [-0.3, -0.25) is 9.36 Å². The van der Waals surface area contributed by atoms with Crippen LogP contribution < -0.4 is 15.6 Å². The van der Waals surface area contributed by atoms with E-state index in [1.54, 1.807) is 31.6 Å². The van der Waals surface area contributed by atoms with Crippen molar-refractivity contribution in [3.05, 3.63) is 76.6 Å². The Kier molecular flexibility index (Phi) is 4.44. The molecule has 3 heterocycles. The zero-order valence-corrected chi connectivity index (χ0v) is 15.2. The van der Waals surface area contributed by atoms with Crippen molar-refractivity contribution >= 4 is 22.8 Å². The molecular weight excluding hydrogens is 361 g/mol. The Balaban J connectivity index is 1.71. The fraction of sp³-hybridized carbons (Fsp3) is 0.100. The molecule has 0 fully saturated rings. The van der Waals surface area contributed by atoms with Gasteiger partial charge in [0.25, 0.3) is 5.56 Å². The average Bonchev–Trinajstić information content (AvgIpc) is 2.70. The number of nitrogens with zero attached hydrogens (tertiary/aromatic N) is 4. The van der Waals surface area contributed by atoms with Crippen LogP contribution in [-0.4, -0.2) is 19.5 Å². The first-order valence-electron chi connectivity index (χ1n) is 8.50. The van der Waals surface area contributed by atoms with Gasteiger partial charge in [0.15, 0.2) is 17.3 Å². The number of pyridine rings is 2. The van der Waals surface area contributed by atoms with E-state index in [1.165, 1.54) is 22.8 Å². The standard InChI is InChI=1S/C20H16FN5O2/c1-12-7-8-17(22-10-12)24-20-23-11-13-9-16(19(27)26(2)18(13)25-20)28-15-6-4-3-5-14(15)21/h3-11H,1-2H3,(H,22,23,24,25). The highest BCUT2D eigenvalue weighted by Gasteiger charge is 2.13. The molecule has 140 valence electrons. The summed E-state index contributed by atoms with van der Waals surface area (Å²) < 4.78 is 20.6. The molecule has 3 aromatic heterocycles.